The molecule has 0 radical (unpaired) electrons. The van der Waals surface area contributed by atoms with E-state index >= 15 is 0 Å². The van der Waals surface area contributed by atoms with Crippen molar-refractivity contribution < 1.29 is 4.74 Å². The minimum absolute atomic E-state index is 0.560. The smallest absolute Gasteiger partial charge is 0.0467 e. The molecule has 1 nitrogen and oxygen atoms in total. The van der Waals surface area contributed by atoms with Gasteiger partial charge in [0.1, 0.15) is 0 Å². The molecule has 0 aromatic heterocycles. The number of methoxy groups -OCH3 is 1. The van der Waals surface area contributed by atoms with Crippen molar-refractivity contribution in [3.8, 4) is 0 Å². The summed E-state index contributed by atoms with van der Waals surface area (Å²) in [7, 11) is 1.79. The fourth-order valence-corrected chi connectivity index (χ4v) is 1.93. The molecule has 0 aliphatic carbocycles. The zero-order valence-electron chi connectivity index (χ0n) is 9.15. The van der Waals surface area contributed by atoms with Crippen molar-refractivity contribution in [3.63, 3.8) is 0 Å². The Balaban J connectivity index is 3.95. The van der Waals surface area contributed by atoms with Crippen LogP contribution in [0.4, 0.5) is 0 Å². The van der Waals surface area contributed by atoms with Gasteiger partial charge in [0, 0.05) is 13.7 Å². The highest BCUT2D eigenvalue weighted by atomic mass is 16.5. The molecule has 0 unspecified atom stereocenters. The van der Waals surface area contributed by atoms with E-state index in [0.29, 0.717) is 5.41 Å². The maximum Gasteiger partial charge on any atom is 0.0467 e. The predicted molar refractivity (Wildman–Crippen MR) is 54.4 cm³/mol. The molecule has 0 aromatic rings. The van der Waals surface area contributed by atoms with Gasteiger partial charge < -0.3 is 4.74 Å². The molecule has 0 aliphatic rings. The minimum atomic E-state index is 0.560. The number of rotatable bonds is 7. The van der Waals surface area contributed by atoms with E-state index in [1.807, 2.05) is 0 Å². The summed E-state index contributed by atoms with van der Waals surface area (Å²) in [5.74, 6) is 0. The first-order valence-corrected chi connectivity index (χ1v) is 5.23. The van der Waals surface area contributed by atoms with Crippen molar-refractivity contribution in [2.75, 3.05) is 13.7 Å². The molecule has 0 saturated heterocycles. The highest BCUT2D eigenvalue weighted by molar-refractivity contribution is 4.75. The summed E-state index contributed by atoms with van der Waals surface area (Å²) in [4.78, 5) is 0. The van der Waals surface area contributed by atoms with E-state index in [2.05, 4.69) is 20.8 Å². The SMILES string of the molecule is CCCC(CC)(CC)CCOC. The molecule has 0 spiro atoms. The molecule has 1 heteroatoms. The predicted octanol–water partition coefficient (Wildman–Crippen LogP) is 3.63. The van der Waals surface area contributed by atoms with E-state index in [9.17, 15) is 0 Å². The lowest BCUT2D eigenvalue weighted by Gasteiger charge is -2.31. The van der Waals surface area contributed by atoms with Gasteiger partial charge in [-0.2, -0.15) is 0 Å². The largest absolute Gasteiger partial charge is 0.385 e. The van der Waals surface area contributed by atoms with Crippen LogP contribution in [0.3, 0.4) is 0 Å². The van der Waals surface area contributed by atoms with Crippen LogP contribution in [0.15, 0.2) is 0 Å². The lowest BCUT2D eigenvalue weighted by Crippen LogP contribution is -2.20. The van der Waals surface area contributed by atoms with Crippen molar-refractivity contribution >= 4 is 0 Å². The molecule has 0 aliphatic heterocycles. The average molecular weight is 172 g/mol. The van der Waals surface area contributed by atoms with Gasteiger partial charge in [-0.3, -0.25) is 0 Å². The molecule has 0 rings (SSSR count). The van der Waals surface area contributed by atoms with Gasteiger partial charge in [-0.15, -0.1) is 0 Å². The minimum Gasteiger partial charge on any atom is -0.385 e. The highest BCUT2D eigenvalue weighted by Gasteiger charge is 2.24. The zero-order valence-corrected chi connectivity index (χ0v) is 9.15. The lowest BCUT2D eigenvalue weighted by atomic mass is 9.76. The van der Waals surface area contributed by atoms with Crippen LogP contribution >= 0.6 is 0 Å². The number of hydrogen-bond acceptors (Lipinski definition) is 1. The Morgan fingerprint density at radius 1 is 1.00 bits per heavy atom. The maximum absolute atomic E-state index is 5.15. The quantitative estimate of drug-likeness (QED) is 0.570. The summed E-state index contributed by atoms with van der Waals surface area (Å²) in [6, 6.07) is 0. The Hall–Kier alpha value is -0.0400. The van der Waals surface area contributed by atoms with Crippen LogP contribution in [-0.2, 0) is 4.74 Å². The molecule has 0 fully saturated rings. The van der Waals surface area contributed by atoms with Crippen LogP contribution in [0.1, 0.15) is 52.9 Å². The van der Waals surface area contributed by atoms with Gasteiger partial charge in [-0.05, 0) is 18.3 Å². The normalized spacial score (nSPS) is 12.0. The Morgan fingerprint density at radius 3 is 1.92 bits per heavy atom. The van der Waals surface area contributed by atoms with E-state index in [-0.39, 0.29) is 0 Å². The molecule has 0 amide bonds. The molecule has 12 heavy (non-hydrogen) atoms. The van der Waals surface area contributed by atoms with Gasteiger partial charge in [0.05, 0.1) is 0 Å². The molecular weight excluding hydrogens is 148 g/mol. The van der Waals surface area contributed by atoms with Crippen LogP contribution in [0.5, 0.6) is 0 Å². The second-order valence-corrected chi connectivity index (χ2v) is 3.70. The van der Waals surface area contributed by atoms with Gasteiger partial charge in [0.2, 0.25) is 0 Å². The first-order valence-electron chi connectivity index (χ1n) is 5.23. The van der Waals surface area contributed by atoms with Crippen molar-refractivity contribution in [1.82, 2.24) is 0 Å². The topological polar surface area (TPSA) is 9.23 Å². The van der Waals surface area contributed by atoms with Gasteiger partial charge in [-0.1, -0.05) is 40.0 Å². The van der Waals surface area contributed by atoms with Gasteiger partial charge in [0.15, 0.2) is 0 Å². The molecule has 0 aromatic carbocycles. The molecule has 0 atom stereocenters. The van der Waals surface area contributed by atoms with Crippen LogP contribution in [-0.4, -0.2) is 13.7 Å². The Bertz CT molecular complexity index is 95.2. The zero-order chi connectivity index (χ0) is 9.45. The standard InChI is InChI=1S/C11H24O/c1-5-8-11(6-2,7-3)9-10-12-4/h5-10H2,1-4H3. The summed E-state index contributed by atoms with van der Waals surface area (Å²) >= 11 is 0. The third-order valence-corrected chi connectivity index (χ3v) is 3.12. The Morgan fingerprint density at radius 2 is 1.58 bits per heavy atom. The van der Waals surface area contributed by atoms with E-state index in [0.717, 1.165) is 6.61 Å². The highest BCUT2D eigenvalue weighted by Crippen LogP contribution is 2.35. The fourth-order valence-electron chi connectivity index (χ4n) is 1.93. The summed E-state index contributed by atoms with van der Waals surface area (Å²) in [6.07, 6.45) is 6.46. The third kappa shape index (κ3) is 3.57. The first-order chi connectivity index (χ1) is 5.74. The number of ether oxygens (including phenoxy) is 1. The number of hydrogen-bond donors (Lipinski definition) is 0. The van der Waals surface area contributed by atoms with Gasteiger partial charge in [0.25, 0.3) is 0 Å². The van der Waals surface area contributed by atoms with E-state index in [1.165, 1.54) is 32.1 Å². The second-order valence-electron chi connectivity index (χ2n) is 3.70. The third-order valence-electron chi connectivity index (χ3n) is 3.12. The molecular formula is C11H24O. The van der Waals surface area contributed by atoms with Gasteiger partial charge >= 0.3 is 0 Å². The van der Waals surface area contributed by atoms with E-state index < -0.39 is 0 Å². The van der Waals surface area contributed by atoms with Crippen LogP contribution in [0.2, 0.25) is 0 Å². The van der Waals surface area contributed by atoms with Crippen molar-refractivity contribution in [2.45, 2.75) is 52.9 Å². The lowest BCUT2D eigenvalue weighted by molar-refractivity contribution is 0.120. The van der Waals surface area contributed by atoms with Crippen LogP contribution in [0.25, 0.3) is 0 Å². The summed E-state index contributed by atoms with van der Waals surface area (Å²) < 4.78 is 5.15. The summed E-state index contributed by atoms with van der Waals surface area (Å²) in [5, 5.41) is 0. The van der Waals surface area contributed by atoms with E-state index in [4.69, 9.17) is 4.74 Å². The molecule has 74 valence electrons. The van der Waals surface area contributed by atoms with Crippen molar-refractivity contribution in [2.24, 2.45) is 5.41 Å². The summed E-state index contributed by atoms with van der Waals surface area (Å²) in [6.45, 7) is 7.79. The van der Waals surface area contributed by atoms with Crippen LogP contribution < -0.4 is 0 Å². The van der Waals surface area contributed by atoms with Gasteiger partial charge in [-0.25, -0.2) is 0 Å². The Kier molecular flexibility index (Phi) is 6.45. The molecule has 0 N–H and O–H groups in total. The second kappa shape index (κ2) is 6.47. The van der Waals surface area contributed by atoms with Crippen molar-refractivity contribution in [3.05, 3.63) is 0 Å². The van der Waals surface area contributed by atoms with Crippen LogP contribution in [0, 0.1) is 5.41 Å². The fraction of sp³-hybridized carbons (Fsp3) is 1.00. The molecule has 0 heterocycles. The first kappa shape index (κ1) is 12.0. The molecule has 0 bridgehead atoms. The summed E-state index contributed by atoms with van der Waals surface area (Å²) in [5.41, 5.74) is 0.560. The maximum atomic E-state index is 5.15. The molecule has 0 saturated carbocycles. The van der Waals surface area contributed by atoms with Crippen molar-refractivity contribution in [1.29, 1.82) is 0 Å². The monoisotopic (exact) mass is 172 g/mol. The Labute approximate surface area is 77.5 Å². The van der Waals surface area contributed by atoms with E-state index in [1.54, 1.807) is 7.11 Å². The average Bonchev–Trinajstić information content (AvgIpc) is 2.13.